The van der Waals surface area contributed by atoms with Gasteiger partial charge < -0.3 is 11.1 Å². The van der Waals surface area contributed by atoms with Gasteiger partial charge in [-0.2, -0.15) is 5.10 Å². The number of amides is 1. The highest BCUT2D eigenvalue weighted by molar-refractivity contribution is 9.10. The molecule has 112 valence electrons. The van der Waals surface area contributed by atoms with Gasteiger partial charge in [0.2, 0.25) is 0 Å². The molecule has 2 aromatic rings. The van der Waals surface area contributed by atoms with E-state index in [2.05, 4.69) is 31.4 Å². The predicted octanol–water partition coefficient (Wildman–Crippen LogP) is 3.58. The van der Waals surface area contributed by atoms with Gasteiger partial charge in [0.1, 0.15) is 5.82 Å². The Bertz CT molecular complexity index is 697. The molecule has 0 radical (unpaired) electrons. The number of H-pyrrole nitrogens is 1. The Morgan fingerprint density at radius 3 is 2.71 bits per heavy atom. The lowest BCUT2D eigenvalue weighted by Gasteiger charge is -2.09. The summed E-state index contributed by atoms with van der Waals surface area (Å²) in [4.78, 5) is 12.2. The zero-order valence-corrected chi connectivity index (χ0v) is 13.5. The second kappa shape index (κ2) is 5.85. The summed E-state index contributed by atoms with van der Waals surface area (Å²) in [7, 11) is 0. The number of nitrogens with one attached hydrogen (secondary N) is 2. The second-order valence-corrected chi connectivity index (χ2v) is 5.94. The van der Waals surface area contributed by atoms with Crippen LogP contribution in [-0.4, -0.2) is 16.1 Å². The molecular weight excluding hydrogens is 339 g/mol. The van der Waals surface area contributed by atoms with Crippen molar-refractivity contribution in [3.8, 4) is 0 Å². The minimum Gasteiger partial charge on any atom is -0.395 e. The first-order valence-electron chi connectivity index (χ1n) is 6.42. The van der Waals surface area contributed by atoms with Crippen molar-refractivity contribution in [1.82, 2.24) is 10.2 Å². The molecule has 0 unspecified atom stereocenters. The van der Waals surface area contributed by atoms with E-state index in [0.29, 0.717) is 21.5 Å². The van der Waals surface area contributed by atoms with Crippen LogP contribution >= 0.6 is 15.9 Å². The molecule has 1 aromatic carbocycles. The highest BCUT2D eigenvalue weighted by atomic mass is 79.9. The van der Waals surface area contributed by atoms with Crippen molar-refractivity contribution in [3.05, 3.63) is 39.4 Å². The summed E-state index contributed by atoms with van der Waals surface area (Å²) < 4.78 is 13.9. The molecule has 0 saturated heterocycles. The third-order valence-corrected chi connectivity index (χ3v) is 3.75. The number of aromatic amines is 1. The molecule has 7 heteroatoms. The number of hydrogen-bond acceptors (Lipinski definition) is 3. The Balaban J connectivity index is 2.29. The lowest BCUT2D eigenvalue weighted by atomic mass is 10.1. The van der Waals surface area contributed by atoms with Crippen LogP contribution in [0.2, 0.25) is 0 Å². The van der Waals surface area contributed by atoms with Crippen LogP contribution in [0.5, 0.6) is 0 Å². The fraction of sp³-hybridized carbons (Fsp3) is 0.286. The zero-order chi connectivity index (χ0) is 15.7. The highest BCUT2D eigenvalue weighted by Gasteiger charge is 2.19. The molecule has 0 fully saturated rings. The van der Waals surface area contributed by atoms with Crippen LogP contribution in [0, 0.1) is 12.7 Å². The number of carbonyl (C=O) groups excluding carboxylic acids is 1. The molecule has 0 saturated carbocycles. The zero-order valence-electron chi connectivity index (χ0n) is 11.9. The molecule has 0 aliphatic carbocycles. The van der Waals surface area contributed by atoms with Crippen molar-refractivity contribution >= 4 is 33.2 Å². The fourth-order valence-corrected chi connectivity index (χ4v) is 2.40. The number of aryl methyl sites for hydroxylation is 1. The summed E-state index contributed by atoms with van der Waals surface area (Å²) in [6.07, 6.45) is 0. The summed E-state index contributed by atoms with van der Waals surface area (Å²) in [5, 5.41) is 9.32. The molecular formula is C14H16BrFN4O. The number of halogens is 2. The van der Waals surface area contributed by atoms with Gasteiger partial charge in [0.25, 0.3) is 5.91 Å². The van der Waals surface area contributed by atoms with Crippen LogP contribution < -0.4 is 11.1 Å². The van der Waals surface area contributed by atoms with Crippen molar-refractivity contribution in [2.75, 3.05) is 11.1 Å². The second-order valence-electron chi connectivity index (χ2n) is 5.09. The number of rotatable bonds is 3. The minimum atomic E-state index is -0.472. The van der Waals surface area contributed by atoms with Crippen molar-refractivity contribution in [3.63, 3.8) is 0 Å². The van der Waals surface area contributed by atoms with Gasteiger partial charge in [-0.1, -0.05) is 13.8 Å². The van der Waals surface area contributed by atoms with Crippen LogP contribution in [0.3, 0.4) is 0 Å². The molecule has 0 bridgehead atoms. The standard InChI is InChI=1S/C14H16BrFN4O/c1-6(2)12-11(17)13(20-19-12)14(21)18-10-5-9(16)8(15)4-7(10)3/h4-6H,17H2,1-3H3,(H,18,21)(H,19,20). The Morgan fingerprint density at radius 1 is 1.48 bits per heavy atom. The van der Waals surface area contributed by atoms with Crippen molar-refractivity contribution in [1.29, 1.82) is 0 Å². The van der Waals surface area contributed by atoms with Crippen molar-refractivity contribution in [2.24, 2.45) is 0 Å². The quantitative estimate of drug-likeness (QED) is 0.787. The number of anilines is 2. The van der Waals surface area contributed by atoms with Gasteiger partial charge in [0.05, 0.1) is 15.9 Å². The van der Waals surface area contributed by atoms with E-state index in [1.54, 1.807) is 13.0 Å². The highest BCUT2D eigenvalue weighted by Crippen LogP contribution is 2.26. The van der Waals surface area contributed by atoms with E-state index in [9.17, 15) is 9.18 Å². The molecule has 1 heterocycles. The third kappa shape index (κ3) is 3.07. The van der Waals surface area contributed by atoms with Crippen molar-refractivity contribution < 1.29 is 9.18 Å². The number of nitrogen functional groups attached to an aromatic ring is 1. The first-order valence-corrected chi connectivity index (χ1v) is 7.21. The number of hydrogen-bond donors (Lipinski definition) is 3. The lowest BCUT2D eigenvalue weighted by Crippen LogP contribution is -2.15. The van der Waals surface area contributed by atoms with E-state index < -0.39 is 11.7 Å². The van der Waals surface area contributed by atoms with Crippen LogP contribution in [0.4, 0.5) is 15.8 Å². The van der Waals surface area contributed by atoms with Gasteiger partial charge in [-0.05, 0) is 46.5 Å². The summed E-state index contributed by atoms with van der Waals surface area (Å²) in [6.45, 7) is 5.66. The van der Waals surface area contributed by atoms with E-state index >= 15 is 0 Å². The van der Waals surface area contributed by atoms with E-state index in [1.807, 2.05) is 13.8 Å². The summed E-state index contributed by atoms with van der Waals surface area (Å²) in [5.41, 5.74) is 8.17. The molecule has 0 atom stereocenters. The number of nitrogens with two attached hydrogens (primary N) is 1. The third-order valence-electron chi connectivity index (χ3n) is 3.14. The van der Waals surface area contributed by atoms with Crippen LogP contribution in [-0.2, 0) is 0 Å². The SMILES string of the molecule is Cc1cc(Br)c(F)cc1NC(=O)c1n[nH]c(C(C)C)c1N. The maximum Gasteiger partial charge on any atom is 0.278 e. The number of nitrogens with zero attached hydrogens (tertiary/aromatic N) is 1. The average molecular weight is 355 g/mol. The van der Waals surface area contributed by atoms with Crippen LogP contribution in [0.15, 0.2) is 16.6 Å². The summed E-state index contributed by atoms with van der Waals surface area (Å²) in [5.74, 6) is -0.792. The van der Waals surface area contributed by atoms with Gasteiger partial charge >= 0.3 is 0 Å². The van der Waals surface area contributed by atoms with E-state index in [1.165, 1.54) is 6.07 Å². The maximum atomic E-state index is 13.6. The molecule has 1 amide bonds. The Kier molecular flexibility index (Phi) is 4.32. The fourth-order valence-electron chi connectivity index (χ4n) is 1.94. The van der Waals surface area contributed by atoms with Gasteiger partial charge in [0.15, 0.2) is 5.69 Å². The first kappa shape index (κ1) is 15.5. The Hall–Kier alpha value is -1.89. The minimum absolute atomic E-state index is 0.112. The monoisotopic (exact) mass is 354 g/mol. The van der Waals surface area contributed by atoms with Gasteiger partial charge in [0, 0.05) is 5.69 Å². The van der Waals surface area contributed by atoms with Crippen LogP contribution in [0.25, 0.3) is 0 Å². The summed E-state index contributed by atoms with van der Waals surface area (Å²) >= 11 is 3.10. The number of aromatic nitrogens is 2. The molecule has 21 heavy (non-hydrogen) atoms. The van der Waals surface area contributed by atoms with E-state index in [-0.39, 0.29) is 11.6 Å². The van der Waals surface area contributed by atoms with Crippen molar-refractivity contribution in [2.45, 2.75) is 26.7 Å². The molecule has 5 nitrogen and oxygen atoms in total. The molecule has 1 aromatic heterocycles. The maximum absolute atomic E-state index is 13.6. The average Bonchev–Trinajstić information content (AvgIpc) is 2.78. The molecule has 0 aliphatic rings. The molecule has 0 spiro atoms. The van der Waals surface area contributed by atoms with E-state index in [0.717, 1.165) is 5.56 Å². The van der Waals surface area contributed by atoms with Gasteiger partial charge in [-0.3, -0.25) is 9.89 Å². The normalized spacial score (nSPS) is 11.0. The van der Waals surface area contributed by atoms with Gasteiger partial charge in [-0.25, -0.2) is 4.39 Å². The summed E-state index contributed by atoms with van der Waals surface area (Å²) in [6, 6.07) is 2.85. The number of benzene rings is 1. The molecule has 4 N–H and O–H groups in total. The lowest BCUT2D eigenvalue weighted by molar-refractivity contribution is 0.102. The predicted molar refractivity (Wildman–Crippen MR) is 83.9 cm³/mol. The Morgan fingerprint density at radius 2 is 2.14 bits per heavy atom. The molecule has 0 aliphatic heterocycles. The van der Waals surface area contributed by atoms with E-state index in [4.69, 9.17) is 5.73 Å². The first-order chi connectivity index (χ1) is 9.81. The van der Waals surface area contributed by atoms with Gasteiger partial charge in [-0.15, -0.1) is 0 Å². The topological polar surface area (TPSA) is 83.8 Å². The number of carbonyl (C=O) groups is 1. The largest absolute Gasteiger partial charge is 0.395 e. The smallest absolute Gasteiger partial charge is 0.278 e. The van der Waals surface area contributed by atoms with Crippen LogP contribution in [0.1, 0.15) is 41.5 Å². The molecule has 2 rings (SSSR count). The Labute approximate surface area is 130 Å².